The van der Waals surface area contributed by atoms with Gasteiger partial charge in [0.25, 0.3) is 0 Å². The lowest BCUT2D eigenvalue weighted by Gasteiger charge is -2.23. The maximum Gasteiger partial charge on any atom is 0.421 e. The van der Waals surface area contributed by atoms with Gasteiger partial charge in [-0.1, -0.05) is 0 Å². The van der Waals surface area contributed by atoms with Crippen LogP contribution < -0.4 is 0 Å². The second-order valence-corrected chi connectivity index (χ2v) is 12.6. The summed E-state index contributed by atoms with van der Waals surface area (Å²) in [5, 5.41) is 60.5. The largest absolute Gasteiger partial charge is 0.481 e. The first kappa shape index (κ1) is 46.7. The maximum atomic E-state index is 14.3. The van der Waals surface area contributed by atoms with E-state index in [1.807, 2.05) is 0 Å². The van der Waals surface area contributed by atoms with Gasteiger partial charge >= 0.3 is 72.9 Å². The van der Waals surface area contributed by atoms with Gasteiger partial charge in [-0.3, -0.25) is 28.8 Å². The smallest absolute Gasteiger partial charge is 0.421 e. The minimum atomic E-state index is -7.12. The summed E-state index contributed by atoms with van der Waals surface area (Å²) in [5.74, 6) is -45.9. The summed E-state index contributed by atoms with van der Waals surface area (Å²) >= 11 is 0. The van der Waals surface area contributed by atoms with E-state index >= 15 is 0 Å². The molecule has 0 bridgehead atoms. The molecule has 0 spiro atoms. The van der Waals surface area contributed by atoms with Crippen molar-refractivity contribution in [3.8, 4) is 0 Å². The van der Waals surface area contributed by atoms with E-state index in [1.54, 1.807) is 0 Å². The highest BCUT2D eigenvalue weighted by atomic mass is 19.4. The van der Waals surface area contributed by atoms with Crippen LogP contribution in [0.15, 0.2) is 33.4 Å². The van der Waals surface area contributed by atoms with E-state index in [2.05, 4.69) is 0 Å². The quantitative estimate of drug-likeness (QED) is 0.125. The Morgan fingerprint density at radius 3 is 0.433 bits per heavy atom. The van der Waals surface area contributed by atoms with Gasteiger partial charge in [-0.05, 0) is 50.1 Å². The summed E-state index contributed by atoms with van der Waals surface area (Å²) in [4.78, 5) is 76.4. The number of carboxylic acid groups (broad SMARTS) is 6. The molecule has 0 fully saturated rings. The zero-order chi connectivity index (χ0) is 46.9. The van der Waals surface area contributed by atoms with Gasteiger partial charge in [0.15, 0.2) is 0 Å². The maximum absolute atomic E-state index is 14.3. The lowest BCUT2D eigenvalue weighted by Crippen LogP contribution is -2.32. The van der Waals surface area contributed by atoms with Crippen molar-refractivity contribution in [1.29, 1.82) is 0 Å². The molecule has 6 unspecified atom stereocenters. The zero-order valence-corrected chi connectivity index (χ0v) is 27.4. The van der Waals surface area contributed by atoms with Gasteiger partial charge < -0.3 is 30.6 Å². The first-order valence-corrected chi connectivity index (χ1v) is 14.9. The zero-order valence-electron chi connectivity index (χ0n) is 27.4. The predicted molar refractivity (Wildman–Crippen MR) is 146 cm³/mol. The third-order valence-electron chi connectivity index (χ3n) is 9.39. The van der Waals surface area contributed by atoms with Crippen molar-refractivity contribution in [2.45, 2.75) is 72.6 Å². The van der Waals surface area contributed by atoms with Crippen LogP contribution in [0.25, 0.3) is 0 Å². The molecule has 1 aromatic carbocycles. The second kappa shape index (κ2) is 13.8. The molecule has 12 nitrogen and oxygen atoms in total. The fraction of sp³-hybridized carbons (Fsp3) is 0.400. The number of carboxylic acids is 6. The molecule has 0 heterocycles. The Morgan fingerprint density at radius 2 is 0.367 bits per heavy atom. The Morgan fingerprint density at radius 1 is 0.267 bits per heavy atom. The third kappa shape index (κ3) is 7.10. The van der Waals surface area contributed by atoms with Crippen LogP contribution in [-0.2, 0) is 28.8 Å². The molecule has 1 aromatic rings. The number of halogens is 18. The molecule has 0 saturated carbocycles. The molecule has 4 rings (SSSR count). The highest BCUT2D eigenvalue weighted by molar-refractivity contribution is 6.04. The summed E-state index contributed by atoms with van der Waals surface area (Å²) in [6.07, 6.45) is -42.7. The third-order valence-corrected chi connectivity index (χ3v) is 9.39. The fourth-order valence-electron chi connectivity index (χ4n) is 8.04. The van der Waals surface area contributed by atoms with Gasteiger partial charge in [0, 0.05) is 0 Å². The van der Waals surface area contributed by atoms with Crippen molar-refractivity contribution in [3.05, 3.63) is 66.8 Å². The average molecular weight is 906 g/mol. The molecular formula is C30H12F18O12. The van der Waals surface area contributed by atoms with Crippen LogP contribution in [0.3, 0.4) is 0 Å². The standard InChI is InChI=1S/C30H12F18O12/c31-25(32,33)16(26(34,35)36)7-10(19(49)50)1-2(11(7)20(51)52)4-6(15(24(59)60)9(14(4)23(57)58)18(29(43,44)45)30(46,47)48)5-3(1)12(21(53)54)8(13(5)22(55)56)17(27(37,38)39)28(40,41)42/h10-15H,(H,49,50)(H,51,52)(H,53,54)(H,55,56)(H,57,58)(H,59,60). The summed E-state index contributed by atoms with van der Waals surface area (Å²) in [6.45, 7) is 0. The Labute approximate surface area is 314 Å². The average Bonchev–Trinajstić information content (AvgIpc) is 3.58. The topological polar surface area (TPSA) is 224 Å². The number of allylic oxidation sites excluding steroid dienone is 3. The van der Waals surface area contributed by atoms with Crippen LogP contribution >= 0.6 is 0 Å². The van der Waals surface area contributed by atoms with E-state index in [0.29, 0.717) is 0 Å². The van der Waals surface area contributed by atoms with Gasteiger partial charge in [-0.25, -0.2) is 0 Å². The SMILES string of the molecule is O=C(O)C1C(=C(C(F)(F)F)C(F)(F)F)C(C(=O)O)c2c1c1c(c3c2C(C(=O)O)C(=C(C(F)(F)F)C(F)(F)F)C3C(=O)O)C(C(=O)O)C(=C(C(F)(F)F)C(F)(F)F)C1C(=O)O. The molecule has 6 atom stereocenters. The lowest BCUT2D eigenvalue weighted by molar-refractivity contribution is -0.176. The van der Waals surface area contributed by atoms with E-state index in [4.69, 9.17) is 0 Å². The van der Waals surface area contributed by atoms with Crippen molar-refractivity contribution in [3.63, 3.8) is 0 Å². The Balaban J connectivity index is 2.73. The van der Waals surface area contributed by atoms with Crippen molar-refractivity contribution >= 4 is 35.8 Å². The molecular weight excluding hydrogens is 894 g/mol. The first-order valence-electron chi connectivity index (χ1n) is 14.9. The van der Waals surface area contributed by atoms with Crippen LogP contribution in [0.1, 0.15) is 68.9 Å². The molecule has 30 heteroatoms. The molecule has 0 aromatic heterocycles. The minimum absolute atomic E-state index is 2.58. The molecule has 3 aliphatic rings. The summed E-state index contributed by atoms with van der Waals surface area (Å²) in [7, 11) is 0. The van der Waals surface area contributed by atoms with Crippen molar-refractivity contribution in [2.24, 2.45) is 0 Å². The summed E-state index contributed by atoms with van der Waals surface area (Å²) < 4.78 is 257. The number of benzene rings is 1. The number of fused-ring (bicyclic) bond motifs is 6. The van der Waals surface area contributed by atoms with Gasteiger partial charge in [0.05, 0.1) is 0 Å². The van der Waals surface area contributed by atoms with Crippen LogP contribution in [0.2, 0.25) is 0 Å². The summed E-state index contributed by atoms with van der Waals surface area (Å²) in [6, 6.07) is 0. The lowest BCUT2D eigenvalue weighted by atomic mass is 9.80. The van der Waals surface area contributed by atoms with E-state index in [-0.39, 0.29) is 0 Å². The van der Waals surface area contributed by atoms with Crippen molar-refractivity contribution < 1.29 is 138 Å². The molecule has 60 heavy (non-hydrogen) atoms. The minimum Gasteiger partial charge on any atom is -0.481 e. The van der Waals surface area contributed by atoms with Crippen molar-refractivity contribution in [2.75, 3.05) is 0 Å². The van der Waals surface area contributed by atoms with E-state index < -0.39 is 175 Å². The fourth-order valence-corrected chi connectivity index (χ4v) is 8.04. The van der Waals surface area contributed by atoms with Crippen molar-refractivity contribution in [1.82, 2.24) is 0 Å². The number of carbonyl (C=O) groups is 6. The molecule has 0 amide bonds. The van der Waals surface area contributed by atoms with Crippen LogP contribution in [0.5, 0.6) is 0 Å². The molecule has 6 N–H and O–H groups in total. The second-order valence-electron chi connectivity index (χ2n) is 12.6. The Bertz CT molecular complexity index is 1830. The number of hydrogen-bond donors (Lipinski definition) is 6. The van der Waals surface area contributed by atoms with E-state index in [0.717, 1.165) is 0 Å². The Hall–Kier alpha value is -6.00. The van der Waals surface area contributed by atoms with Crippen LogP contribution in [0, 0.1) is 0 Å². The number of rotatable bonds is 6. The normalized spacial score (nSPS) is 23.2. The van der Waals surface area contributed by atoms with Gasteiger partial charge in [0.2, 0.25) is 0 Å². The van der Waals surface area contributed by atoms with Crippen LogP contribution in [0.4, 0.5) is 79.0 Å². The number of alkyl halides is 18. The van der Waals surface area contributed by atoms with E-state index in [9.17, 15) is 138 Å². The van der Waals surface area contributed by atoms with E-state index in [1.165, 1.54) is 0 Å². The molecule has 3 aliphatic carbocycles. The van der Waals surface area contributed by atoms with Gasteiger partial charge in [-0.2, -0.15) is 79.0 Å². The highest BCUT2D eigenvalue weighted by Crippen LogP contribution is 2.68. The molecule has 330 valence electrons. The highest BCUT2D eigenvalue weighted by Gasteiger charge is 2.68. The van der Waals surface area contributed by atoms with Crippen LogP contribution in [-0.4, -0.2) is 104 Å². The molecule has 0 saturated heterocycles. The van der Waals surface area contributed by atoms with Gasteiger partial charge in [0.1, 0.15) is 52.2 Å². The monoisotopic (exact) mass is 906 g/mol. The molecule has 0 radical (unpaired) electrons. The number of hydrogen-bond acceptors (Lipinski definition) is 6. The number of aliphatic carboxylic acids is 6. The predicted octanol–water partition coefficient (Wildman–Crippen LogP) is 7.00. The molecule has 0 aliphatic heterocycles. The van der Waals surface area contributed by atoms with Gasteiger partial charge in [-0.15, -0.1) is 0 Å². The summed E-state index contributed by atoms with van der Waals surface area (Å²) in [5.41, 5.74) is -38.1. The first-order chi connectivity index (χ1) is 26.7. The Kier molecular flexibility index (Phi) is 10.7.